The van der Waals surface area contributed by atoms with E-state index in [0.717, 1.165) is 6.42 Å². The van der Waals surface area contributed by atoms with Gasteiger partial charge in [0, 0.05) is 19.5 Å². The number of nitrogens with one attached hydrogen (secondary N) is 1. The van der Waals surface area contributed by atoms with E-state index in [1.807, 2.05) is 0 Å². The van der Waals surface area contributed by atoms with E-state index in [1.165, 1.54) is 0 Å². The van der Waals surface area contributed by atoms with E-state index >= 15 is 0 Å². The standard InChI is InChI=1S/C14H25N3O4/c1-14(2,3)9-6-7-17(8-9)13(21)16-10(12(19)20)4-5-11(15)18/h9-10H,4-8H2,1-3H3,(H2,15,18)(H,16,21)(H,19,20). The van der Waals surface area contributed by atoms with Crippen LogP contribution in [0.15, 0.2) is 0 Å². The summed E-state index contributed by atoms with van der Waals surface area (Å²) in [5.74, 6) is -1.34. The van der Waals surface area contributed by atoms with Gasteiger partial charge in [-0.15, -0.1) is 0 Å². The number of carbonyl (C=O) groups is 3. The van der Waals surface area contributed by atoms with Gasteiger partial charge in [-0.1, -0.05) is 20.8 Å². The molecule has 4 N–H and O–H groups in total. The van der Waals surface area contributed by atoms with Gasteiger partial charge in [-0.25, -0.2) is 9.59 Å². The summed E-state index contributed by atoms with van der Waals surface area (Å²) < 4.78 is 0. The molecule has 0 saturated carbocycles. The molecule has 7 heteroatoms. The number of amides is 3. The summed E-state index contributed by atoms with van der Waals surface area (Å²) in [5, 5.41) is 11.5. The molecule has 1 aliphatic heterocycles. The quantitative estimate of drug-likeness (QED) is 0.696. The van der Waals surface area contributed by atoms with Gasteiger partial charge in [0.15, 0.2) is 0 Å². The van der Waals surface area contributed by atoms with Gasteiger partial charge in [0.2, 0.25) is 5.91 Å². The first kappa shape index (κ1) is 17.3. The van der Waals surface area contributed by atoms with Crippen molar-refractivity contribution in [2.75, 3.05) is 13.1 Å². The van der Waals surface area contributed by atoms with Gasteiger partial charge >= 0.3 is 12.0 Å². The maximum absolute atomic E-state index is 12.1. The van der Waals surface area contributed by atoms with Crippen LogP contribution in [0.4, 0.5) is 4.79 Å². The van der Waals surface area contributed by atoms with Crippen molar-refractivity contribution in [1.29, 1.82) is 0 Å². The Kier molecular flexibility index (Phi) is 5.57. The zero-order chi connectivity index (χ0) is 16.2. The first-order chi connectivity index (χ1) is 9.61. The smallest absolute Gasteiger partial charge is 0.326 e. The molecule has 2 atom stereocenters. The summed E-state index contributed by atoms with van der Waals surface area (Å²) in [7, 11) is 0. The summed E-state index contributed by atoms with van der Waals surface area (Å²) in [6.45, 7) is 7.64. The Morgan fingerprint density at radius 1 is 1.38 bits per heavy atom. The number of primary amides is 1. The van der Waals surface area contributed by atoms with E-state index in [-0.39, 0.29) is 18.3 Å². The normalized spacial score (nSPS) is 20.1. The first-order valence-electron chi connectivity index (χ1n) is 7.18. The molecule has 7 nitrogen and oxygen atoms in total. The van der Waals surface area contributed by atoms with Crippen LogP contribution >= 0.6 is 0 Å². The summed E-state index contributed by atoms with van der Waals surface area (Å²) in [4.78, 5) is 35.6. The fourth-order valence-corrected chi connectivity index (χ4v) is 2.44. The van der Waals surface area contributed by atoms with E-state index in [1.54, 1.807) is 4.90 Å². The molecule has 0 aromatic rings. The number of rotatable bonds is 5. The average Bonchev–Trinajstić information content (AvgIpc) is 2.82. The average molecular weight is 299 g/mol. The number of carboxylic acid groups (broad SMARTS) is 1. The maximum Gasteiger partial charge on any atom is 0.326 e. The van der Waals surface area contributed by atoms with Gasteiger partial charge in [-0.2, -0.15) is 0 Å². The second-order valence-corrected chi connectivity index (χ2v) is 6.64. The Bertz CT molecular complexity index is 417. The Hall–Kier alpha value is -1.79. The van der Waals surface area contributed by atoms with Crippen LogP contribution in [0.1, 0.15) is 40.0 Å². The molecule has 3 amide bonds. The lowest BCUT2D eigenvalue weighted by Gasteiger charge is -2.27. The molecule has 1 aliphatic rings. The number of urea groups is 1. The molecule has 1 saturated heterocycles. The molecule has 0 aromatic heterocycles. The SMILES string of the molecule is CC(C)(C)C1CCN(C(=O)NC(CCC(N)=O)C(=O)O)C1. The largest absolute Gasteiger partial charge is 0.480 e. The van der Waals surface area contributed by atoms with Crippen LogP contribution < -0.4 is 11.1 Å². The van der Waals surface area contributed by atoms with Crippen molar-refractivity contribution in [3.05, 3.63) is 0 Å². The van der Waals surface area contributed by atoms with Gasteiger partial charge < -0.3 is 21.1 Å². The Balaban J connectivity index is 2.55. The third-order valence-corrected chi connectivity index (χ3v) is 3.98. The third-order valence-electron chi connectivity index (χ3n) is 3.98. The van der Waals surface area contributed by atoms with Crippen molar-refractivity contribution < 1.29 is 19.5 Å². The number of hydrogen-bond acceptors (Lipinski definition) is 3. The third kappa shape index (κ3) is 5.24. The zero-order valence-electron chi connectivity index (χ0n) is 12.9. The van der Waals surface area contributed by atoms with Crippen LogP contribution in [-0.2, 0) is 9.59 Å². The topological polar surface area (TPSA) is 113 Å². The van der Waals surface area contributed by atoms with Crippen molar-refractivity contribution in [2.24, 2.45) is 17.1 Å². The highest BCUT2D eigenvalue weighted by Crippen LogP contribution is 2.33. The van der Waals surface area contributed by atoms with Crippen molar-refractivity contribution in [1.82, 2.24) is 10.2 Å². The highest BCUT2D eigenvalue weighted by Gasteiger charge is 2.34. The Labute approximate surface area is 124 Å². The summed E-state index contributed by atoms with van der Waals surface area (Å²) in [6.07, 6.45) is 0.852. The van der Waals surface area contributed by atoms with Crippen LogP contribution in [0.2, 0.25) is 0 Å². The number of hydrogen-bond donors (Lipinski definition) is 3. The number of aliphatic carboxylic acids is 1. The monoisotopic (exact) mass is 299 g/mol. The van der Waals surface area contributed by atoms with E-state index in [0.29, 0.717) is 19.0 Å². The minimum atomic E-state index is -1.16. The zero-order valence-corrected chi connectivity index (χ0v) is 12.9. The van der Waals surface area contributed by atoms with E-state index < -0.39 is 23.9 Å². The number of nitrogens with two attached hydrogens (primary N) is 1. The highest BCUT2D eigenvalue weighted by molar-refractivity contribution is 5.83. The van der Waals surface area contributed by atoms with Gasteiger partial charge in [0.1, 0.15) is 6.04 Å². The molecule has 0 bridgehead atoms. The van der Waals surface area contributed by atoms with Gasteiger partial charge in [0.25, 0.3) is 0 Å². The lowest BCUT2D eigenvalue weighted by molar-refractivity contribution is -0.139. The molecule has 1 fully saturated rings. The second-order valence-electron chi connectivity index (χ2n) is 6.64. The molecule has 2 unspecified atom stereocenters. The summed E-state index contributed by atoms with van der Waals surface area (Å²) >= 11 is 0. The maximum atomic E-state index is 12.1. The molecule has 0 spiro atoms. The van der Waals surface area contributed by atoms with Gasteiger partial charge in [0.05, 0.1) is 0 Å². The van der Waals surface area contributed by atoms with Crippen molar-refractivity contribution in [3.63, 3.8) is 0 Å². The fourth-order valence-electron chi connectivity index (χ4n) is 2.44. The molecule has 0 aromatic carbocycles. The van der Waals surface area contributed by atoms with Crippen molar-refractivity contribution in [3.8, 4) is 0 Å². The molecule has 120 valence electrons. The van der Waals surface area contributed by atoms with Gasteiger partial charge in [-0.05, 0) is 24.2 Å². The highest BCUT2D eigenvalue weighted by atomic mass is 16.4. The number of likely N-dealkylation sites (tertiary alicyclic amines) is 1. The van der Waals surface area contributed by atoms with Crippen LogP contribution in [-0.4, -0.2) is 47.0 Å². The molecule has 21 heavy (non-hydrogen) atoms. The molecule has 1 rings (SSSR count). The fraction of sp³-hybridized carbons (Fsp3) is 0.786. The van der Waals surface area contributed by atoms with E-state index in [2.05, 4.69) is 26.1 Å². The van der Waals surface area contributed by atoms with Crippen molar-refractivity contribution >= 4 is 17.9 Å². The molecule has 1 heterocycles. The predicted octanol–water partition coefficient (Wildman–Crippen LogP) is 0.783. The minimum absolute atomic E-state index is 0.00689. The molecule has 0 aliphatic carbocycles. The predicted molar refractivity (Wildman–Crippen MR) is 77.5 cm³/mol. The summed E-state index contributed by atoms with van der Waals surface area (Å²) in [5.41, 5.74) is 5.12. The summed E-state index contributed by atoms with van der Waals surface area (Å²) in [6, 6.07) is -1.47. The molecular weight excluding hydrogens is 274 g/mol. The second kappa shape index (κ2) is 6.78. The van der Waals surface area contributed by atoms with E-state index in [4.69, 9.17) is 10.8 Å². The molecular formula is C14H25N3O4. The van der Waals surface area contributed by atoms with Crippen LogP contribution in [0.5, 0.6) is 0 Å². The minimum Gasteiger partial charge on any atom is -0.480 e. The number of nitrogens with zero attached hydrogens (tertiary/aromatic N) is 1. The Morgan fingerprint density at radius 2 is 2.00 bits per heavy atom. The Morgan fingerprint density at radius 3 is 2.43 bits per heavy atom. The lowest BCUT2D eigenvalue weighted by Crippen LogP contribution is -2.47. The lowest BCUT2D eigenvalue weighted by atomic mass is 9.80. The molecule has 0 radical (unpaired) electrons. The van der Waals surface area contributed by atoms with Gasteiger partial charge in [-0.3, -0.25) is 4.79 Å². The van der Waals surface area contributed by atoms with Crippen molar-refractivity contribution in [2.45, 2.75) is 46.1 Å². The number of carbonyl (C=O) groups excluding carboxylic acids is 2. The first-order valence-corrected chi connectivity index (χ1v) is 7.18. The van der Waals surface area contributed by atoms with Crippen LogP contribution in [0.25, 0.3) is 0 Å². The van der Waals surface area contributed by atoms with E-state index in [9.17, 15) is 14.4 Å². The number of carboxylic acids is 1. The van der Waals surface area contributed by atoms with Crippen LogP contribution in [0, 0.1) is 11.3 Å². The van der Waals surface area contributed by atoms with Crippen LogP contribution in [0.3, 0.4) is 0 Å².